The lowest BCUT2D eigenvalue weighted by atomic mass is 10.0. The van der Waals surface area contributed by atoms with Crippen LogP contribution >= 0.6 is 0 Å². The number of rotatable bonds is 5. The fourth-order valence-corrected chi connectivity index (χ4v) is 3.03. The molecule has 0 aromatic heterocycles. The minimum absolute atomic E-state index is 0.660. The first-order valence-electron chi connectivity index (χ1n) is 7.78. The van der Waals surface area contributed by atoms with E-state index in [2.05, 4.69) is 36.3 Å². The van der Waals surface area contributed by atoms with E-state index in [0.717, 1.165) is 31.1 Å². The predicted molar refractivity (Wildman–Crippen MR) is 86.3 cm³/mol. The van der Waals surface area contributed by atoms with E-state index < -0.39 is 0 Å². The SMILES string of the molecule is COc1cc(C)c(CN(C)C2CCCNCC2)cc1OC. The van der Waals surface area contributed by atoms with E-state index in [-0.39, 0.29) is 0 Å². The third-order valence-corrected chi connectivity index (χ3v) is 4.43. The summed E-state index contributed by atoms with van der Waals surface area (Å²) in [6.45, 7) is 5.37. The van der Waals surface area contributed by atoms with E-state index in [9.17, 15) is 0 Å². The highest BCUT2D eigenvalue weighted by atomic mass is 16.5. The Labute approximate surface area is 128 Å². The smallest absolute Gasteiger partial charge is 0.161 e. The van der Waals surface area contributed by atoms with Gasteiger partial charge in [0.05, 0.1) is 14.2 Å². The molecule has 1 aliphatic rings. The Hall–Kier alpha value is -1.26. The van der Waals surface area contributed by atoms with Crippen LogP contribution in [-0.4, -0.2) is 45.3 Å². The van der Waals surface area contributed by atoms with Gasteiger partial charge in [0.15, 0.2) is 11.5 Å². The van der Waals surface area contributed by atoms with Crippen LogP contribution in [0, 0.1) is 6.92 Å². The van der Waals surface area contributed by atoms with Crippen LogP contribution in [0.3, 0.4) is 0 Å². The van der Waals surface area contributed by atoms with Crippen molar-refractivity contribution in [3.8, 4) is 11.5 Å². The second kappa shape index (κ2) is 7.66. The molecule has 1 heterocycles. The van der Waals surface area contributed by atoms with Gasteiger partial charge in [0.1, 0.15) is 0 Å². The summed E-state index contributed by atoms with van der Waals surface area (Å²) in [6.07, 6.45) is 3.76. The fourth-order valence-electron chi connectivity index (χ4n) is 3.03. The average molecular weight is 292 g/mol. The van der Waals surface area contributed by atoms with Gasteiger partial charge >= 0.3 is 0 Å². The molecule has 1 N–H and O–H groups in total. The molecule has 4 heteroatoms. The maximum Gasteiger partial charge on any atom is 0.161 e. The quantitative estimate of drug-likeness (QED) is 0.904. The maximum absolute atomic E-state index is 5.43. The number of methoxy groups -OCH3 is 2. The van der Waals surface area contributed by atoms with Crippen molar-refractivity contribution in [2.45, 2.75) is 38.8 Å². The summed E-state index contributed by atoms with van der Waals surface area (Å²) in [5.41, 5.74) is 2.57. The molecule has 0 aliphatic carbocycles. The van der Waals surface area contributed by atoms with Gasteiger partial charge in [-0.15, -0.1) is 0 Å². The van der Waals surface area contributed by atoms with E-state index in [1.807, 2.05) is 0 Å². The first-order chi connectivity index (χ1) is 10.2. The highest BCUT2D eigenvalue weighted by Gasteiger charge is 2.18. The molecule has 1 atom stereocenters. The van der Waals surface area contributed by atoms with E-state index in [0.29, 0.717) is 6.04 Å². The van der Waals surface area contributed by atoms with Gasteiger partial charge in [0.25, 0.3) is 0 Å². The van der Waals surface area contributed by atoms with E-state index in [1.54, 1.807) is 14.2 Å². The molecule has 1 aliphatic heterocycles. The van der Waals surface area contributed by atoms with Crippen molar-refractivity contribution in [2.75, 3.05) is 34.4 Å². The van der Waals surface area contributed by atoms with E-state index in [4.69, 9.17) is 9.47 Å². The highest BCUT2D eigenvalue weighted by molar-refractivity contribution is 5.47. The third kappa shape index (κ3) is 4.11. The highest BCUT2D eigenvalue weighted by Crippen LogP contribution is 2.31. The Morgan fingerprint density at radius 2 is 1.86 bits per heavy atom. The molecule has 0 radical (unpaired) electrons. The summed E-state index contributed by atoms with van der Waals surface area (Å²) in [5.74, 6) is 1.62. The first kappa shape index (κ1) is 16.1. The van der Waals surface area contributed by atoms with Crippen LogP contribution in [0.5, 0.6) is 11.5 Å². The standard InChI is InChI=1S/C17H28N2O2/c1-13-10-16(20-3)17(21-4)11-14(13)12-19(2)15-6-5-8-18-9-7-15/h10-11,15,18H,5-9,12H2,1-4H3. The Bertz CT molecular complexity index is 454. The normalized spacial score (nSPS) is 19.4. The number of benzene rings is 1. The topological polar surface area (TPSA) is 33.7 Å². The minimum Gasteiger partial charge on any atom is -0.493 e. The summed E-state index contributed by atoms with van der Waals surface area (Å²) in [5, 5.41) is 3.48. The molecular formula is C17H28N2O2. The predicted octanol–water partition coefficient (Wildman–Crippen LogP) is 2.59. The molecule has 1 aromatic carbocycles. The summed E-state index contributed by atoms with van der Waals surface area (Å²) < 4.78 is 10.8. The van der Waals surface area contributed by atoms with Crippen molar-refractivity contribution >= 4 is 0 Å². The molecule has 2 rings (SSSR count). The van der Waals surface area contributed by atoms with Crippen LogP contribution in [-0.2, 0) is 6.54 Å². The zero-order chi connectivity index (χ0) is 15.2. The summed E-state index contributed by atoms with van der Waals surface area (Å²) in [7, 11) is 5.60. The molecular weight excluding hydrogens is 264 g/mol. The van der Waals surface area contributed by atoms with Gasteiger partial charge < -0.3 is 14.8 Å². The minimum atomic E-state index is 0.660. The Morgan fingerprint density at radius 1 is 1.14 bits per heavy atom. The fraction of sp³-hybridized carbons (Fsp3) is 0.647. The second-order valence-corrected chi connectivity index (χ2v) is 5.88. The van der Waals surface area contributed by atoms with Gasteiger partial charge in [-0.05, 0) is 69.6 Å². The zero-order valence-electron chi connectivity index (χ0n) is 13.7. The van der Waals surface area contributed by atoms with E-state index in [1.165, 1.54) is 30.4 Å². The number of aryl methyl sites for hydroxylation is 1. The molecule has 21 heavy (non-hydrogen) atoms. The molecule has 0 amide bonds. The molecule has 0 saturated carbocycles. The Morgan fingerprint density at radius 3 is 2.57 bits per heavy atom. The summed E-state index contributed by atoms with van der Waals surface area (Å²) in [4.78, 5) is 2.47. The summed E-state index contributed by atoms with van der Waals surface area (Å²) in [6, 6.07) is 4.84. The Balaban J connectivity index is 2.10. The lowest BCUT2D eigenvalue weighted by Gasteiger charge is -2.27. The molecule has 1 saturated heterocycles. The van der Waals surface area contributed by atoms with Crippen molar-refractivity contribution in [2.24, 2.45) is 0 Å². The maximum atomic E-state index is 5.43. The van der Waals surface area contributed by atoms with Gasteiger partial charge in [-0.25, -0.2) is 0 Å². The van der Waals surface area contributed by atoms with Gasteiger partial charge in [0.2, 0.25) is 0 Å². The van der Waals surface area contributed by atoms with Crippen molar-refractivity contribution in [3.05, 3.63) is 23.3 Å². The van der Waals surface area contributed by atoms with Crippen molar-refractivity contribution in [3.63, 3.8) is 0 Å². The van der Waals surface area contributed by atoms with Gasteiger partial charge in [0, 0.05) is 12.6 Å². The number of ether oxygens (including phenoxy) is 2. The largest absolute Gasteiger partial charge is 0.493 e. The lowest BCUT2D eigenvalue weighted by Crippen LogP contribution is -2.32. The van der Waals surface area contributed by atoms with Gasteiger partial charge in [-0.2, -0.15) is 0 Å². The van der Waals surface area contributed by atoms with Crippen LogP contribution < -0.4 is 14.8 Å². The first-order valence-corrected chi connectivity index (χ1v) is 7.78. The average Bonchev–Trinajstić information content (AvgIpc) is 2.78. The second-order valence-electron chi connectivity index (χ2n) is 5.88. The van der Waals surface area contributed by atoms with Crippen molar-refractivity contribution < 1.29 is 9.47 Å². The van der Waals surface area contributed by atoms with Gasteiger partial charge in [-0.3, -0.25) is 4.90 Å². The molecule has 1 unspecified atom stereocenters. The molecule has 1 fully saturated rings. The molecule has 0 bridgehead atoms. The molecule has 4 nitrogen and oxygen atoms in total. The van der Waals surface area contributed by atoms with Crippen LogP contribution in [0.15, 0.2) is 12.1 Å². The number of nitrogens with one attached hydrogen (secondary N) is 1. The van der Waals surface area contributed by atoms with Gasteiger partial charge in [-0.1, -0.05) is 0 Å². The Kier molecular flexibility index (Phi) is 5.88. The summed E-state index contributed by atoms with van der Waals surface area (Å²) >= 11 is 0. The monoisotopic (exact) mass is 292 g/mol. The van der Waals surface area contributed by atoms with Crippen molar-refractivity contribution in [1.82, 2.24) is 10.2 Å². The van der Waals surface area contributed by atoms with Crippen LogP contribution in [0.25, 0.3) is 0 Å². The van der Waals surface area contributed by atoms with E-state index >= 15 is 0 Å². The third-order valence-electron chi connectivity index (χ3n) is 4.43. The number of hydrogen-bond acceptors (Lipinski definition) is 4. The molecule has 118 valence electrons. The van der Waals surface area contributed by atoms with Crippen LogP contribution in [0.4, 0.5) is 0 Å². The van der Waals surface area contributed by atoms with Crippen molar-refractivity contribution in [1.29, 1.82) is 0 Å². The number of nitrogens with zero attached hydrogens (tertiary/aromatic N) is 1. The number of hydrogen-bond donors (Lipinski definition) is 1. The van der Waals surface area contributed by atoms with Crippen LogP contribution in [0.1, 0.15) is 30.4 Å². The molecule has 1 aromatic rings. The molecule has 0 spiro atoms. The lowest BCUT2D eigenvalue weighted by molar-refractivity contribution is 0.216. The van der Waals surface area contributed by atoms with Crippen LogP contribution in [0.2, 0.25) is 0 Å². The zero-order valence-corrected chi connectivity index (χ0v) is 13.7.